The van der Waals surface area contributed by atoms with E-state index in [0.29, 0.717) is 18.5 Å². The fourth-order valence-electron chi connectivity index (χ4n) is 2.21. The summed E-state index contributed by atoms with van der Waals surface area (Å²) in [5, 5.41) is 5.63. The Balaban J connectivity index is 2.00. The quantitative estimate of drug-likeness (QED) is 0.868. The summed E-state index contributed by atoms with van der Waals surface area (Å²) < 4.78 is 0. The molecule has 1 saturated heterocycles. The number of benzene rings is 1. The number of hydrogen-bond donors (Lipinski definition) is 2. The maximum atomic E-state index is 12.1. The van der Waals surface area contributed by atoms with Gasteiger partial charge in [0.2, 0.25) is 5.91 Å². The van der Waals surface area contributed by atoms with Crippen molar-refractivity contribution in [2.45, 2.75) is 38.6 Å². The second-order valence-electron chi connectivity index (χ2n) is 4.86. The van der Waals surface area contributed by atoms with Crippen molar-refractivity contribution < 1.29 is 9.59 Å². The average Bonchev–Trinajstić information content (AvgIpc) is 2.64. The molecule has 102 valence electrons. The highest BCUT2D eigenvalue weighted by atomic mass is 16.2. The van der Waals surface area contributed by atoms with E-state index in [1.165, 1.54) is 5.56 Å². The molecule has 4 heteroatoms. The first-order valence-electron chi connectivity index (χ1n) is 6.88. The van der Waals surface area contributed by atoms with E-state index in [1.807, 2.05) is 24.3 Å². The van der Waals surface area contributed by atoms with Crippen LogP contribution in [0.2, 0.25) is 0 Å². The van der Waals surface area contributed by atoms with Gasteiger partial charge in [-0.05, 0) is 43.4 Å². The number of rotatable bonds is 3. The second-order valence-corrected chi connectivity index (χ2v) is 4.86. The van der Waals surface area contributed by atoms with Gasteiger partial charge in [-0.2, -0.15) is 0 Å². The van der Waals surface area contributed by atoms with Crippen LogP contribution in [0.15, 0.2) is 24.3 Å². The van der Waals surface area contributed by atoms with Gasteiger partial charge in [-0.15, -0.1) is 0 Å². The van der Waals surface area contributed by atoms with E-state index >= 15 is 0 Å². The van der Waals surface area contributed by atoms with Crippen LogP contribution in [-0.4, -0.2) is 24.4 Å². The lowest BCUT2D eigenvalue weighted by molar-refractivity contribution is -0.122. The van der Waals surface area contributed by atoms with Gasteiger partial charge in [0.15, 0.2) is 0 Å². The zero-order valence-electron chi connectivity index (χ0n) is 11.2. The number of nitrogens with one attached hydrogen (secondary N) is 2. The first-order valence-corrected chi connectivity index (χ1v) is 6.88. The molecule has 0 saturated carbocycles. The van der Waals surface area contributed by atoms with Crippen molar-refractivity contribution in [2.75, 3.05) is 6.54 Å². The van der Waals surface area contributed by atoms with E-state index in [2.05, 4.69) is 17.6 Å². The fraction of sp³-hybridized carbons (Fsp3) is 0.467. The van der Waals surface area contributed by atoms with Gasteiger partial charge in [-0.1, -0.05) is 19.1 Å². The Hall–Kier alpha value is -1.84. The third-order valence-corrected chi connectivity index (χ3v) is 3.46. The number of amides is 2. The van der Waals surface area contributed by atoms with Crippen LogP contribution in [0.25, 0.3) is 0 Å². The van der Waals surface area contributed by atoms with Crippen LogP contribution in [0.3, 0.4) is 0 Å². The Morgan fingerprint density at radius 1 is 1.32 bits per heavy atom. The number of hydrogen-bond acceptors (Lipinski definition) is 2. The van der Waals surface area contributed by atoms with E-state index in [9.17, 15) is 9.59 Å². The molecule has 1 aliphatic heterocycles. The molecule has 1 aliphatic rings. The molecule has 0 spiro atoms. The van der Waals surface area contributed by atoms with Crippen molar-refractivity contribution in [1.82, 2.24) is 10.6 Å². The van der Waals surface area contributed by atoms with E-state index < -0.39 is 6.04 Å². The smallest absolute Gasteiger partial charge is 0.251 e. The first kappa shape index (κ1) is 13.6. The third kappa shape index (κ3) is 3.56. The summed E-state index contributed by atoms with van der Waals surface area (Å²) in [6.45, 7) is 2.78. The summed E-state index contributed by atoms with van der Waals surface area (Å²) in [5.41, 5.74) is 1.80. The molecule has 0 bridgehead atoms. The highest BCUT2D eigenvalue weighted by molar-refractivity contribution is 5.97. The highest BCUT2D eigenvalue weighted by Crippen LogP contribution is 2.08. The summed E-state index contributed by atoms with van der Waals surface area (Å²) in [5.74, 6) is -0.249. The lowest BCUT2D eigenvalue weighted by atomic mass is 10.1. The van der Waals surface area contributed by atoms with Crippen LogP contribution in [-0.2, 0) is 11.2 Å². The van der Waals surface area contributed by atoms with Gasteiger partial charge in [0.05, 0.1) is 0 Å². The molecule has 1 aromatic carbocycles. The van der Waals surface area contributed by atoms with Gasteiger partial charge in [0.25, 0.3) is 5.91 Å². The summed E-state index contributed by atoms with van der Waals surface area (Å²) in [7, 11) is 0. The van der Waals surface area contributed by atoms with Gasteiger partial charge in [0.1, 0.15) is 6.04 Å². The van der Waals surface area contributed by atoms with Crippen molar-refractivity contribution in [3.8, 4) is 0 Å². The lowest BCUT2D eigenvalue weighted by Crippen LogP contribution is -2.45. The van der Waals surface area contributed by atoms with Crippen LogP contribution in [0, 0.1) is 0 Å². The topological polar surface area (TPSA) is 58.2 Å². The molecule has 1 aromatic rings. The van der Waals surface area contributed by atoms with Crippen LogP contribution in [0.4, 0.5) is 0 Å². The van der Waals surface area contributed by atoms with Gasteiger partial charge in [-0.25, -0.2) is 0 Å². The van der Waals surface area contributed by atoms with Crippen LogP contribution < -0.4 is 10.6 Å². The molecule has 1 atom stereocenters. The number of carbonyl (C=O) groups is 2. The van der Waals surface area contributed by atoms with Crippen molar-refractivity contribution in [1.29, 1.82) is 0 Å². The Morgan fingerprint density at radius 2 is 2.05 bits per heavy atom. The molecule has 1 heterocycles. The number of carbonyl (C=O) groups excluding carboxylic acids is 2. The van der Waals surface area contributed by atoms with Gasteiger partial charge < -0.3 is 10.6 Å². The standard InChI is InChI=1S/C15H20N2O2/c1-2-11-6-8-12(9-7-11)14(18)17-13-5-3-4-10-16-15(13)19/h6-9,13H,2-5,10H2,1H3,(H,16,19)(H,17,18). The molecule has 0 aromatic heterocycles. The zero-order valence-corrected chi connectivity index (χ0v) is 11.2. The van der Waals surface area contributed by atoms with E-state index in [0.717, 1.165) is 19.3 Å². The Labute approximate surface area is 113 Å². The molecular formula is C15H20N2O2. The summed E-state index contributed by atoms with van der Waals surface area (Å²) in [6.07, 6.45) is 3.60. The summed E-state index contributed by atoms with van der Waals surface area (Å²) in [4.78, 5) is 23.8. The minimum atomic E-state index is -0.402. The maximum absolute atomic E-state index is 12.1. The average molecular weight is 260 g/mol. The molecule has 1 fully saturated rings. The monoisotopic (exact) mass is 260 g/mol. The van der Waals surface area contributed by atoms with Crippen molar-refractivity contribution >= 4 is 11.8 Å². The summed E-state index contributed by atoms with van der Waals surface area (Å²) in [6, 6.07) is 7.11. The normalized spacial score (nSPS) is 19.4. The van der Waals surface area contributed by atoms with Gasteiger partial charge in [0, 0.05) is 12.1 Å². The third-order valence-electron chi connectivity index (χ3n) is 3.46. The van der Waals surface area contributed by atoms with E-state index in [4.69, 9.17) is 0 Å². The molecule has 0 aliphatic carbocycles. The van der Waals surface area contributed by atoms with Gasteiger partial charge in [-0.3, -0.25) is 9.59 Å². The highest BCUT2D eigenvalue weighted by Gasteiger charge is 2.22. The van der Waals surface area contributed by atoms with Crippen LogP contribution in [0.5, 0.6) is 0 Å². The molecule has 2 amide bonds. The summed E-state index contributed by atoms with van der Waals surface area (Å²) >= 11 is 0. The molecular weight excluding hydrogens is 240 g/mol. The SMILES string of the molecule is CCc1ccc(C(=O)NC2CCCCNC2=O)cc1. The maximum Gasteiger partial charge on any atom is 0.251 e. The molecule has 19 heavy (non-hydrogen) atoms. The fourth-order valence-corrected chi connectivity index (χ4v) is 2.21. The van der Waals surface area contributed by atoms with Crippen molar-refractivity contribution in [3.63, 3.8) is 0 Å². The Kier molecular flexibility index (Phi) is 4.55. The van der Waals surface area contributed by atoms with Crippen molar-refractivity contribution in [2.24, 2.45) is 0 Å². The molecule has 0 radical (unpaired) electrons. The largest absolute Gasteiger partial charge is 0.354 e. The molecule has 4 nitrogen and oxygen atoms in total. The first-order chi connectivity index (χ1) is 9.20. The molecule has 1 unspecified atom stereocenters. The van der Waals surface area contributed by atoms with Gasteiger partial charge >= 0.3 is 0 Å². The van der Waals surface area contributed by atoms with Crippen LogP contribution in [0.1, 0.15) is 42.1 Å². The minimum Gasteiger partial charge on any atom is -0.354 e. The zero-order chi connectivity index (χ0) is 13.7. The molecule has 2 N–H and O–H groups in total. The predicted molar refractivity (Wildman–Crippen MR) is 73.9 cm³/mol. The lowest BCUT2D eigenvalue weighted by Gasteiger charge is -2.15. The molecule has 2 rings (SSSR count). The Morgan fingerprint density at radius 3 is 2.74 bits per heavy atom. The predicted octanol–water partition coefficient (Wildman–Crippen LogP) is 1.65. The van der Waals surface area contributed by atoms with E-state index in [-0.39, 0.29) is 11.8 Å². The van der Waals surface area contributed by atoms with E-state index in [1.54, 1.807) is 0 Å². The minimum absolute atomic E-state index is 0.0731. The van der Waals surface area contributed by atoms with Crippen LogP contribution >= 0.6 is 0 Å². The van der Waals surface area contributed by atoms with Crippen molar-refractivity contribution in [3.05, 3.63) is 35.4 Å². The number of aryl methyl sites for hydroxylation is 1. The second kappa shape index (κ2) is 6.36. The Bertz CT molecular complexity index is 454.